The molecule has 2 atom stereocenters. The fourth-order valence-electron chi connectivity index (χ4n) is 3.01. The monoisotopic (exact) mass is 316 g/mol. The number of anilines is 1. The highest BCUT2D eigenvalue weighted by Crippen LogP contribution is 2.33. The smallest absolute Gasteiger partial charge is 0.224 e. The third-order valence-corrected chi connectivity index (χ3v) is 4.09. The first kappa shape index (κ1) is 15.8. The molecular weight excluding hydrogens is 295 g/mol. The van der Waals surface area contributed by atoms with E-state index in [0.717, 1.165) is 11.1 Å². The second-order valence-electron chi connectivity index (χ2n) is 6.18. The predicted octanol–water partition coefficient (Wildman–Crippen LogP) is 1.99. The summed E-state index contributed by atoms with van der Waals surface area (Å²) in [5.41, 5.74) is 1.87. The van der Waals surface area contributed by atoms with Crippen molar-refractivity contribution in [3.63, 3.8) is 0 Å². The maximum absolute atomic E-state index is 13.5. The van der Waals surface area contributed by atoms with Gasteiger partial charge in [0.2, 0.25) is 5.95 Å². The van der Waals surface area contributed by atoms with Crippen LogP contribution in [0, 0.1) is 5.82 Å². The van der Waals surface area contributed by atoms with Crippen LogP contribution in [0.4, 0.5) is 10.3 Å². The molecule has 122 valence electrons. The van der Waals surface area contributed by atoms with Crippen LogP contribution in [0.3, 0.4) is 0 Å². The van der Waals surface area contributed by atoms with E-state index in [-0.39, 0.29) is 11.9 Å². The number of aromatic nitrogens is 2. The van der Waals surface area contributed by atoms with E-state index in [1.807, 2.05) is 25.1 Å². The molecule has 2 heterocycles. The van der Waals surface area contributed by atoms with Gasteiger partial charge in [-0.3, -0.25) is 4.90 Å². The van der Waals surface area contributed by atoms with Gasteiger partial charge in [-0.1, -0.05) is 12.1 Å². The van der Waals surface area contributed by atoms with Gasteiger partial charge in [-0.05, 0) is 24.1 Å². The van der Waals surface area contributed by atoms with Crippen molar-refractivity contribution in [2.45, 2.75) is 25.1 Å². The maximum atomic E-state index is 13.5. The van der Waals surface area contributed by atoms with Crippen molar-refractivity contribution in [1.82, 2.24) is 14.9 Å². The van der Waals surface area contributed by atoms with Crippen LogP contribution >= 0.6 is 0 Å². The van der Waals surface area contributed by atoms with Gasteiger partial charge >= 0.3 is 0 Å². The van der Waals surface area contributed by atoms with Gasteiger partial charge in [-0.15, -0.1) is 0 Å². The Morgan fingerprint density at radius 1 is 1.30 bits per heavy atom. The average Bonchev–Trinajstić information content (AvgIpc) is 2.88. The third-order valence-electron chi connectivity index (χ3n) is 4.09. The zero-order valence-corrected chi connectivity index (χ0v) is 13.4. The number of nitrogens with zero attached hydrogens (tertiary/aromatic N) is 4. The molecule has 23 heavy (non-hydrogen) atoms. The van der Waals surface area contributed by atoms with Crippen LogP contribution in [0.2, 0.25) is 0 Å². The lowest BCUT2D eigenvalue weighted by Gasteiger charge is -2.24. The summed E-state index contributed by atoms with van der Waals surface area (Å²) >= 11 is 0. The van der Waals surface area contributed by atoms with E-state index >= 15 is 0 Å². The van der Waals surface area contributed by atoms with Gasteiger partial charge in [0.05, 0.1) is 6.10 Å². The Labute approximate surface area is 135 Å². The molecule has 1 aliphatic rings. The van der Waals surface area contributed by atoms with Gasteiger partial charge in [0.25, 0.3) is 0 Å². The minimum absolute atomic E-state index is 0.00854. The predicted molar refractivity (Wildman–Crippen MR) is 86.5 cm³/mol. The van der Waals surface area contributed by atoms with Crippen molar-refractivity contribution in [2.75, 3.05) is 25.5 Å². The number of halogens is 1. The molecule has 1 saturated heterocycles. The van der Waals surface area contributed by atoms with E-state index < -0.39 is 6.10 Å². The minimum atomic E-state index is -0.398. The molecule has 1 aromatic heterocycles. The second kappa shape index (κ2) is 6.60. The third kappa shape index (κ3) is 3.65. The lowest BCUT2D eigenvalue weighted by molar-refractivity contribution is 0.172. The van der Waals surface area contributed by atoms with Gasteiger partial charge < -0.3 is 10.0 Å². The fraction of sp³-hybridized carbons (Fsp3) is 0.412. The van der Waals surface area contributed by atoms with Crippen molar-refractivity contribution < 1.29 is 9.50 Å². The quantitative estimate of drug-likeness (QED) is 0.935. The van der Waals surface area contributed by atoms with Crippen LogP contribution in [0.5, 0.6) is 0 Å². The number of likely N-dealkylation sites (tertiary alicyclic amines) is 1. The molecule has 5 nitrogen and oxygen atoms in total. The van der Waals surface area contributed by atoms with E-state index in [9.17, 15) is 9.50 Å². The van der Waals surface area contributed by atoms with Crippen molar-refractivity contribution in [2.24, 2.45) is 0 Å². The molecule has 6 heteroatoms. The summed E-state index contributed by atoms with van der Waals surface area (Å²) in [6, 6.07) is 6.61. The standard InChI is InChI=1S/C17H21FN4O/c1-21(2)17-19-8-12(9-20-17)10-22-11-15(23)7-16(22)13-4-3-5-14(18)6-13/h3-6,8-9,15-16,23H,7,10-11H2,1-2H3/t15-,16+/m0/s1. The molecule has 3 rings (SSSR count). The topological polar surface area (TPSA) is 52.5 Å². The Bertz CT molecular complexity index is 662. The summed E-state index contributed by atoms with van der Waals surface area (Å²) in [7, 11) is 3.79. The van der Waals surface area contributed by atoms with Crippen LogP contribution in [0.1, 0.15) is 23.6 Å². The Balaban J connectivity index is 1.77. The summed E-state index contributed by atoms with van der Waals surface area (Å²) in [5.74, 6) is 0.416. The van der Waals surface area contributed by atoms with Crippen LogP contribution in [0.25, 0.3) is 0 Å². The number of benzene rings is 1. The lowest BCUT2D eigenvalue weighted by Crippen LogP contribution is -2.24. The summed E-state index contributed by atoms with van der Waals surface area (Å²) in [6.45, 7) is 1.20. The molecule has 2 aromatic rings. The molecule has 0 saturated carbocycles. The number of aliphatic hydroxyl groups excluding tert-OH is 1. The SMILES string of the molecule is CN(C)c1ncc(CN2C[C@@H](O)C[C@@H]2c2cccc(F)c2)cn1. The van der Waals surface area contributed by atoms with Crippen molar-refractivity contribution in [3.05, 3.63) is 53.6 Å². The van der Waals surface area contributed by atoms with Crippen LogP contribution in [-0.4, -0.2) is 46.7 Å². The zero-order chi connectivity index (χ0) is 16.4. The number of hydrogen-bond donors (Lipinski definition) is 1. The molecule has 0 radical (unpaired) electrons. The Hall–Kier alpha value is -2.05. The van der Waals surface area contributed by atoms with E-state index in [0.29, 0.717) is 25.5 Å². The number of rotatable bonds is 4. The molecule has 1 aliphatic heterocycles. The van der Waals surface area contributed by atoms with Crippen molar-refractivity contribution >= 4 is 5.95 Å². The summed E-state index contributed by atoms with van der Waals surface area (Å²) < 4.78 is 13.5. The van der Waals surface area contributed by atoms with E-state index in [2.05, 4.69) is 14.9 Å². The molecule has 0 unspecified atom stereocenters. The second-order valence-corrected chi connectivity index (χ2v) is 6.18. The highest BCUT2D eigenvalue weighted by Gasteiger charge is 2.32. The van der Waals surface area contributed by atoms with Crippen LogP contribution in [0.15, 0.2) is 36.7 Å². The highest BCUT2D eigenvalue weighted by molar-refractivity contribution is 5.27. The minimum Gasteiger partial charge on any atom is -0.392 e. The largest absolute Gasteiger partial charge is 0.392 e. The average molecular weight is 316 g/mol. The molecule has 1 aromatic carbocycles. The Morgan fingerprint density at radius 2 is 2.04 bits per heavy atom. The normalized spacial score (nSPS) is 21.6. The molecule has 0 spiro atoms. The number of aliphatic hydroxyl groups is 1. The summed E-state index contributed by atoms with van der Waals surface area (Å²) in [4.78, 5) is 12.6. The Kier molecular flexibility index (Phi) is 4.54. The van der Waals surface area contributed by atoms with E-state index in [4.69, 9.17) is 0 Å². The van der Waals surface area contributed by atoms with Gasteiger partial charge in [0, 0.05) is 51.2 Å². The number of β-amino-alcohol motifs (C(OH)–C–C–N with tert-alkyl or cyclic N) is 1. The molecular formula is C17H21FN4O. The summed E-state index contributed by atoms with van der Waals surface area (Å²) in [6.07, 6.45) is 3.82. The molecule has 1 fully saturated rings. The molecule has 0 amide bonds. The first-order valence-corrected chi connectivity index (χ1v) is 7.69. The fourth-order valence-corrected chi connectivity index (χ4v) is 3.01. The zero-order valence-electron chi connectivity index (χ0n) is 13.4. The maximum Gasteiger partial charge on any atom is 0.224 e. The van der Waals surface area contributed by atoms with Gasteiger partial charge in [0.15, 0.2) is 0 Å². The lowest BCUT2D eigenvalue weighted by atomic mass is 10.0. The molecule has 0 bridgehead atoms. The summed E-state index contributed by atoms with van der Waals surface area (Å²) in [5, 5.41) is 10.0. The molecule has 0 aliphatic carbocycles. The van der Waals surface area contributed by atoms with E-state index in [1.54, 1.807) is 24.5 Å². The van der Waals surface area contributed by atoms with Crippen molar-refractivity contribution in [3.8, 4) is 0 Å². The van der Waals surface area contributed by atoms with Crippen LogP contribution < -0.4 is 4.90 Å². The van der Waals surface area contributed by atoms with Gasteiger partial charge in [0.1, 0.15) is 5.82 Å². The number of hydrogen-bond acceptors (Lipinski definition) is 5. The van der Waals surface area contributed by atoms with Crippen LogP contribution in [-0.2, 0) is 6.54 Å². The van der Waals surface area contributed by atoms with Gasteiger partial charge in [-0.2, -0.15) is 0 Å². The van der Waals surface area contributed by atoms with Crippen molar-refractivity contribution in [1.29, 1.82) is 0 Å². The van der Waals surface area contributed by atoms with Gasteiger partial charge in [-0.25, -0.2) is 14.4 Å². The first-order valence-electron chi connectivity index (χ1n) is 7.69. The Morgan fingerprint density at radius 3 is 2.70 bits per heavy atom. The highest BCUT2D eigenvalue weighted by atomic mass is 19.1. The van der Waals surface area contributed by atoms with E-state index in [1.165, 1.54) is 6.07 Å². The first-order chi connectivity index (χ1) is 11.0. The molecule has 1 N–H and O–H groups in total.